The van der Waals surface area contributed by atoms with Gasteiger partial charge in [-0.1, -0.05) is 49.6 Å². The second kappa shape index (κ2) is 8.62. The summed E-state index contributed by atoms with van der Waals surface area (Å²) in [7, 11) is 0. The zero-order valence-corrected chi connectivity index (χ0v) is 17.8. The van der Waals surface area contributed by atoms with E-state index in [4.69, 9.17) is 0 Å². The van der Waals surface area contributed by atoms with E-state index in [0.717, 1.165) is 52.4 Å². The molecule has 1 fully saturated rings. The van der Waals surface area contributed by atoms with E-state index in [-0.39, 0.29) is 11.3 Å². The lowest BCUT2D eigenvalue weighted by atomic mass is 9.70. The first-order valence-electron chi connectivity index (χ1n) is 8.75. The Morgan fingerprint density at radius 3 is 2.60 bits per heavy atom. The molecule has 0 saturated heterocycles. The van der Waals surface area contributed by atoms with Gasteiger partial charge in [-0.05, 0) is 75.8 Å². The molecule has 3 nitrogen and oxygen atoms in total. The smallest absolute Gasteiger partial charge is 0.230 e. The van der Waals surface area contributed by atoms with E-state index >= 15 is 0 Å². The van der Waals surface area contributed by atoms with Gasteiger partial charge in [0.05, 0.1) is 11.9 Å². The maximum absolute atomic E-state index is 13.2. The van der Waals surface area contributed by atoms with Gasteiger partial charge in [0.2, 0.25) is 5.91 Å². The molecule has 0 bridgehead atoms. The number of aromatic nitrogens is 1. The van der Waals surface area contributed by atoms with Crippen LogP contribution < -0.4 is 5.32 Å². The summed E-state index contributed by atoms with van der Waals surface area (Å²) >= 11 is 5.61. The number of anilines is 1. The van der Waals surface area contributed by atoms with Crippen molar-refractivity contribution in [3.8, 4) is 0 Å². The van der Waals surface area contributed by atoms with Crippen molar-refractivity contribution >= 4 is 50.1 Å². The van der Waals surface area contributed by atoms with Crippen molar-refractivity contribution in [2.45, 2.75) is 44.9 Å². The molecule has 5 heteroatoms. The number of nitrogens with one attached hydrogen (secondary N) is 1. The van der Waals surface area contributed by atoms with E-state index in [9.17, 15) is 4.79 Å². The van der Waals surface area contributed by atoms with Gasteiger partial charge in [-0.2, -0.15) is 0 Å². The third kappa shape index (κ3) is 4.82. The molecule has 0 atom stereocenters. The molecule has 1 amide bonds. The van der Waals surface area contributed by atoms with Crippen LogP contribution in [0.15, 0.2) is 47.2 Å². The van der Waals surface area contributed by atoms with E-state index in [2.05, 4.69) is 73.1 Å². The number of carbonyl (C=O) groups is 1. The summed E-state index contributed by atoms with van der Waals surface area (Å²) in [5, 5.41) is 3.15. The molecule has 0 spiro atoms. The predicted molar refractivity (Wildman–Crippen MR) is 114 cm³/mol. The number of nitrogens with zero attached hydrogens (tertiary/aromatic N) is 1. The lowest BCUT2D eigenvalue weighted by Gasteiger charge is -2.36. The highest BCUT2D eigenvalue weighted by Crippen LogP contribution is 2.41. The van der Waals surface area contributed by atoms with Crippen molar-refractivity contribution < 1.29 is 4.79 Å². The lowest BCUT2D eigenvalue weighted by Crippen LogP contribution is -2.38. The van der Waals surface area contributed by atoms with Crippen LogP contribution in [0.2, 0.25) is 0 Å². The Labute approximate surface area is 171 Å². The summed E-state index contributed by atoms with van der Waals surface area (Å²) in [6.45, 7) is 0. The normalized spacial score (nSPS) is 16.4. The van der Waals surface area contributed by atoms with Crippen molar-refractivity contribution in [3.05, 3.63) is 56.3 Å². The number of aryl methyl sites for hydroxylation is 1. The van der Waals surface area contributed by atoms with E-state index < -0.39 is 0 Å². The zero-order chi connectivity index (χ0) is 17.7. The fourth-order valence-corrected chi connectivity index (χ4v) is 4.93. The van der Waals surface area contributed by atoms with Crippen molar-refractivity contribution in [2.24, 2.45) is 5.41 Å². The van der Waals surface area contributed by atoms with E-state index in [0.29, 0.717) is 0 Å². The number of pyridine rings is 1. The molecule has 1 aromatic carbocycles. The fraction of sp³-hybridized carbons (Fsp3) is 0.400. The van der Waals surface area contributed by atoms with Crippen LogP contribution in [0.1, 0.15) is 44.1 Å². The minimum absolute atomic E-state index is 0.158. The molecular formula is C20H22BrIN2O. The molecular weight excluding hydrogens is 491 g/mol. The molecule has 1 heterocycles. The van der Waals surface area contributed by atoms with Crippen LogP contribution in [0.5, 0.6) is 0 Å². The molecule has 3 rings (SSSR count). The Hall–Kier alpha value is -0.950. The summed E-state index contributed by atoms with van der Waals surface area (Å²) in [6.07, 6.45) is 9.05. The molecule has 1 saturated carbocycles. The molecule has 1 N–H and O–H groups in total. The van der Waals surface area contributed by atoms with Crippen LogP contribution in [-0.4, -0.2) is 10.9 Å². The van der Waals surface area contributed by atoms with Gasteiger partial charge in [-0.15, -0.1) is 0 Å². The number of hydrogen-bond acceptors (Lipinski definition) is 2. The van der Waals surface area contributed by atoms with Gasteiger partial charge in [0.1, 0.15) is 4.60 Å². The van der Waals surface area contributed by atoms with E-state index in [1.54, 1.807) is 6.20 Å². The highest BCUT2D eigenvalue weighted by molar-refractivity contribution is 14.1. The first-order chi connectivity index (χ1) is 12.1. The second-order valence-electron chi connectivity index (χ2n) is 6.77. The van der Waals surface area contributed by atoms with Gasteiger partial charge < -0.3 is 5.32 Å². The Balaban J connectivity index is 1.75. The van der Waals surface area contributed by atoms with Gasteiger partial charge in [-0.25, -0.2) is 4.98 Å². The summed E-state index contributed by atoms with van der Waals surface area (Å²) in [4.78, 5) is 17.4. The average molecular weight is 513 g/mol. The average Bonchev–Trinajstić information content (AvgIpc) is 2.64. The number of carbonyl (C=O) groups excluding carboxylic acids is 1. The highest BCUT2D eigenvalue weighted by atomic mass is 127. The standard InChI is InChI=1S/C20H22BrIN2O/c21-18-13-16(22)17(14-23-18)24-19(25)20(10-5-2-6-11-20)12-9-15-7-3-1-4-8-15/h1,3-4,7-8,13-14H,2,5-6,9-12H2,(H,24,25). The lowest BCUT2D eigenvalue weighted by molar-refractivity contribution is -0.127. The van der Waals surface area contributed by atoms with Crippen LogP contribution in [0, 0.1) is 8.99 Å². The molecule has 0 radical (unpaired) electrons. The maximum Gasteiger partial charge on any atom is 0.230 e. The van der Waals surface area contributed by atoms with Crippen molar-refractivity contribution in [2.75, 3.05) is 5.32 Å². The third-order valence-corrected chi connectivity index (χ3v) is 6.42. The summed E-state index contributed by atoms with van der Waals surface area (Å²) in [6, 6.07) is 12.4. The minimum atomic E-state index is -0.260. The van der Waals surface area contributed by atoms with Gasteiger partial charge in [0, 0.05) is 8.99 Å². The van der Waals surface area contributed by atoms with Gasteiger partial charge >= 0.3 is 0 Å². The molecule has 2 aromatic rings. The second-order valence-corrected chi connectivity index (χ2v) is 8.74. The van der Waals surface area contributed by atoms with Crippen LogP contribution in [0.3, 0.4) is 0 Å². The Morgan fingerprint density at radius 1 is 1.20 bits per heavy atom. The summed E-state index contributed by atoms with van der Waals surface area (Å²) in [5.74, 6) is 0.158. The number of rotatable bonds is 5. The molecule has 132 valence electrons. The summed E-state index contributed by atoms with van der Waals surface area (Å²) in [5.41, 5.74) is 1.85. The Bertz CT molecular complexity index is 730. The summed E-state index contributed by atoms with van der Waals surface area (Å²) < 4.78 is 1.79. The van der Waals surface area contributed by atoms with Crippen LogP contribution in [-0.2, 0) is 11.2 Å². The maximum atomic E-state index is 13.2. The topological polar surface area (TPSA) is 42.0 Å². The number of benzene rings is 1. The third-order valence-electron chi connectivity index (χ3n) is 5.10. The van der Waals surface area contributed by atoms with Crippen molar-refractivity contribution in [1.82, 2.24) is 4.98 Å². The quantitative estimate of drug-likeness (QED) is 0.396. The van der Waals surface area contributed by atoms with Gasteiger partial charge in [0.25, 0.3) is 0 Å². The first-order valence-corrected chi connectivity index (χ1v) is 10.6. The highest BCUT2D eigenvalue weighted by Gasteiger charge is 2.39. The monoisotopic (exact) mass is 512 g/mol. The molecule has 0 aliphatic heterocycles. The largest absolute Gasteiger partial charge is 0.323 e. The van der Waals surface area contributed by atoms with E-state index in [1.165, 1.54) is 12.0 Å². The van der Waals surface area contributed by atoms with Crippen molar-refractivity contribution in [1.29, 1.82) is 0 Å². The molecule has 1 aromatic heterocycles. The molecule has 1 aliphatic carbocycles. The fourth-order valence-electron chi connectivity index (χ4n) is 3.60. The number of halogens is 2. The zero-order valence-electron chi connectivity index (χ0n) is 14.1. The van der Waals surface area contributed by atoms with Gasteiger partial charge in [0.15, 0.2) is 0 Å². The van der Waals surface area contributed by atoms with Crippen LogP contribution in [0.25, 0.3) is 0 Å². The Morgan fingerprint density at radius 2 is 1.92 bits per heavy atom. The van der Waals surface area contributed by atoms with Crippen LogP contribution >= 0.6 is 38.5 Å². The SMILES string of the molecule is O=C(Nc1cnc(Br)cc1I)C1(CCc2ccccc2)CCCCC1. The molecule has 1 aliphatic rings. The number of hydrogen-bond donors (Lipinski definition) is 1. The minimum Gasteiger partial charge on any atom is -0.323 e. The van der Waals surface area contributed by atoms with Crippen molar-refractivity contribution in [3.63, 3.8) is 0 Å². The number of amides is 1. The Kier molecular flexibility index (Phi) is 6.49. The van der Waals surface area contributed by atoms with Gasteiger partial charge in [-0.3, -0.25) is 4.79 Å². The molecule has 25 heavy (non-hydrogen) atoms. The predicted octanol–water partition coefficient (Wildman–Crippen LogP) is 5.97. The first kappa shape index (κ1) is 18.8. The van der Waals surface area contributed by atoms with E-state index in [1.807, 2.05) is 12.1 Å². The molecule has 0 unspecified atom stereocenters. The van der Waals surface area contributed by atoms with Crippen LogP contribution in [0.4, 0.5) is 5.69 Å².